The molecule has 0 aromatic carbocycles. The van der Waals surface area contributed by atoms with Gasteiger partial charge in [-0.1, -0.05) is 18.2 Å². The number of allylic oxidation sites excluding steroid dienone is 2. The molecule has 0 spiro atoms. The Bertz CT molecular complexity index is 831. The van der Waals surface area contributed by atoms with E-state index in [0.29, 0.717) is 13.2 Å². The summed E-state index contributed by atoms with van der Waals surface area (Å²) in [7, 11) is 0. The highest BCUT2D eigenvalue weighted by Crippen LogP contribution is 2.26. The smallest absolute Gasteiger partial charge is 0.201 e. The van der Waals surface area contributed by atoms with E-state index in [-0.39, 0.29) is 5.82 Å². The van der Waals surface area contributed by atoms with E-state index in [1.54, 1.807) is 6.20 Å². The van der Waals surface area contributed by atoms with Crippen molar-refractivity contribution in [2.24, 2.45) is 0 Å². The van der Waals surface area contributed by atoms with Gasteiger partial charge < -0.3 is 14.4 Å². The number of rotatable bonds is 3. The van der Waals surface area contributed by atoms with Crippen molar-refractivity contribution in [3.63, 3.8) is 0 Å². The Hall–Kier alpha value is -2.57. The molecule has 0 N–H and O–H groups in total. The van der Waals surface area contributed by atoms with E-state index in [9.17, 15) is 4.39 Å². The van der Waals surface area contributed by atoms with E-state index in [1.165, 1.54) is 12.3 Å². The zero-order valence-corrected chi connectivity index (χ0v) is 14.3. The second-order valence-electron chi connectivity index (χ2n) is 6.20. The van der Waals surface area contributed by atoms with E-state index in [4.69, 9.17) is 14.5 Å². The highest BCUT2D eigenvalue weighted by atomic mass is 19.1. The molecule has 6 heteroatoms. The topological polar surface area (TPSA) is 47.5 Å². The first kappa shape index (κ1) is 16.9. The van der Waals surface area contributed by atoms with E-state index in [2.05, 4.69) is 11.1 Å². The van der Waals surface area contributed by atoms with Crippen LogP contribution in [0.25, 0.3) is 5.57 Å². The first-order valence-corrected chi connectivity index (χ1v) is 8.76. The maximum Gasteiger partial charge on any atom is 0.201 e. The molecule has 4 heterocycles. The molecule has 2 aromatic rings. The van der Waals surface area contributed by atoms with Crippen molar-refractivity contribution in [1.82, 2.24) is 9.97 Å². The van der Waals surface area contributed by atoms with E-state index < -0.39 is 6.29 Å². The van der Waals surface area contributed by atoms with Crippen LogP contribution in [0, 0.1) is 5.82 Å². The van der Waals surface area contributed by atoms with Crippen molar-refractivity contribution in [2.75, 3.05) is 24.7 Å². The largest absolute Gasteiger partial charge is 0.347 e. The summed E-state index contributed by atoms with van der Waals surface area (Å²) in [6.07, 6.45) is 10.3. The minimum atomic E-state index is -0.414. The van der Waals surface area contributed by atoms with Gasteiger partial charge in [-0.15, -0.1) is 0 Å². The maximum absolute atomic E-state index is 13.5. The molecule has 1 saturated heterocycles. The van der Waals surface area contributed by atoms with Crippen molar-refractivity contribution >= 4 is 11.3 Å². The summed E-state index contributed by atoms with van der Waals surface area (Å²) in [6, 6.07) is 7.30. The van der Waals surface area contributed by atoms with Gasteiger partial charge in [0.15, 0.2) is 0 Å². The minimum absolute atomic E-state index is 0.346. The number of pyridine rings is 2. The van der Waals surface area contributed by atoms with Gasteiger partial charge in [0.2, 0.25) is 6.29 Å². The monoisotopic (exact) mass is 353 g/mol. The molecule has 2 aliphatic heterocycles. The molecule has 4 rings (SSSR count). The summed E-state index contributed by atoms with van der Waals surface area (Å²) in [5.74, 6) is -0.346. The Morgan fingerprint density at radius 2 is 2.04 bits per heavy atom. The van der Waals surface area contributed by atoms with Crippen LogP contribution in [0.3, 0.4) is 0 Å². The predicted molar refractivity (Wildman–Crippen MR) is 96.8 cm³/mol. The fraction of sp³-hybridized carbons (Fsp3) is 0.300. The lowest BCUT2D eigenvalue weighted by molar-refractivity contribution is -0.185. The average Bonchev–Trinajstić information content (AvgIpc) is 2.95. The van der Waals surface area contributed by atoms with Gasteiger partial charge in [-0.25, -0.2) is 9.37 Å². The van der Waals surface area contributed by atoms with Gasteiger partial charge in [-0.05, 0) is 25.0 Å². The maximum atomic E-state index is 13.5. The average molecular weight is 353 g/mol. The Balaban J connectivity index is 1.64. The van der Waals surface area contributed by atoms with Crippen molar-refractivity contribution < 1.29 is 13.9 Å². The number of anilines is 1. The molecule has 5 nitrogen and oxygen atoms in total. The molecule has 134 valence electrons. The van der Waals surface area contributed by atoms with Crippen LogP contribution in [0.15, 0.2) is 55.0 Å². The van der Waals surface area contributed by atoms with Crippen LogP contribution < -0.4 is 4.90 Å². The number of hydrogen-bond donors (Lipinski definition) is 0. The molecule has 2 aromatic heterocycles. The number of hydrogen-bond acceptors (Lipinski definition) is 5. The third kappa shape index (κ3) is 3.81. The fourth-order valence-corrected chi connectivity index (χ4v) is 3.01. The molecule has 1 fully saturated rings. The summed E-state index contributed by atoms with van der Waals surface area (Å²) < 4.78 is 24.8. The fourth-order valence-electron chi connectivity index (χ4n) is 3.01. The zero-order valence-electron chi connectivity index (χ0n) is 14.3. The van der Waals surface area contributed by atoms with Gasteiger partial charge in [0.05, 0.1) is 42.7 Å². The van der Waals surface area contributed by atoms with Gasteiger partial charge in [-0.3, -0.25) is 4.98 Å². The Kier molecular flexibility index (Phi) is 5.04. The van der Waals surface area contributed by atoms with Crippen LogP contribution in [0.1, 0.15) is 30.5 Å². The van der Waals surface area contributed by atoms with Gasteiger partial charge in [-0.2, -0.15) is 0 Å². The Morgan fingerprint density at radius 1 is 1.15 bits per heavy atom. The number of halogens is 1. The minimum Gasteiger partial charge on any atom is -0.347 e. The molecule has 2 aliphatic rings. The lowest BCUT2D eigenvalue weighted by atomic mass is 10.1. The summed E-state index contributed by atoms with van der Waals surface area (Å²) in [6.45, 7) is 2.11. The van der Waals surface area contributed by atoms with Crippen LogP contribution in [0.2, 0.25) is 0 Å². The van der Waals surface area contributed by atoms with E-state index >= 15 is 0 Å². The van der Waals surface area contributed by atoms with Crippen molar-refractivity contribution in [3.05, 3.63) is 72.2 Å². The molecule has 0 radical (unpaired) electrons. The summed E-state index contributed by atoms with van der Waals surface area (Å²) in [4.78, 5) is 10.7. The highest BCUT2D eigenvalue weighted by Gasteiger charge is 2.19. The van der Waals surface area contributed by atoms with Gasteiger partial charge in [0.1, 0.15) is 5.82 Å². The predicted octanol–water partition coefficient (Wildman–Crippen LogP) is 3.86. The van der Waals surface area contributed by atoms with E-state index in [0.717, 1.165) is 42.0 Å². The molecular weight excluding hydrogens is 333 g/mol. The van der Waals surface area contributed by atoms with Crippen LogP contribution >= 0.6 is 0 Å². The molecule has 0 unspecified atom stereocenters. The molecule has 26 heavy (non-hydrogen) atoms. The first-order chi connectivity index (χ1) is 12.8. The van der Waals surface area contributed by atoms with Crippen molar-refractivity contribution in [2.45, 2.75) is 19.1 Å². The molecule has 0 amide bonds. The lowest BCUT2D eigenvalue weighted by Crippen LogP contribution is -2.19. The van der Waals surface area contributed by atoms with Gasteiger partial charge in [0, 0.05) is 24.4 Å². The summed E-state index contributed by atoms with van der Waals surface area (Å²) in [5.41, 5.74) is 3.26. The normalized spacial score (nSPS) is 18.5. The molecule has 0 saturated carbocycles. The molecule has 0 bridgehead atoms. The van der Waals surface area contributed by atoms with Crippen molar-refractivity contribution in [1.29, 1.82) is 0 Å². The van der Waals surface area contributed by atoms with Crippen molar-refractivity contribution in [3.8, 4) is 0 Å². The van der Waals surface area contributed by atoms with Crippen LogP contribution in [-0.4, -0.2) is 29.7 Å². The lowest BCUT2D eigenvalue weighted by Gasteiger charge is -2.23. The molecular formula is C20H20FN3O2. The van der Waals surface area contributed by atoms with Gasteiger partial charge in [0.25, 0.3) is 0 Å². The molecule has 0 atom stereocenters. The zero-order chi connectivity index (χ0) is 17.8. The van der Waals surface area contributed by atoms with Crippen LogP contribution in [0.4, 0.5) is 10.1 Å². The number of nitrogens with zero attached hydrogens (tertiary/aromatic N) is 3. The van der Waals surface area contributed by atoms with Crippen LogP contribution in [-0.2, 0) is 9.47 Å². The Labute approximate surface area is 151 Å². The third-order valence-electron chi connectivity index (χ3n) is 4.29. The number of ether oxygens (including phenoxy) is 2. The highest BCUT2D eigenvalue weighted by molar-refractivity contribution is 5.75. The quantitative estimate of drug-likeness (QED) is 0.839. The standard InChI is InChI=1S/C20H20FN3O2/c21-16-11-17(13-22-12-16)24-8-2-1-5-15(14-24)18-6-3-7-19(23-18)20-25-9-4-10-26-20/h1,3,5-7,11-14,20H,2,4,8-10H2. The second kappa shape index (κ2) is 7.76. The van der Waals surface area contributed by atoms with Gasteiger partial charge >= 0.3 is 0 Å². The second-order valence-corrected chi connectivity index (χ2v) is 6.20. The number of aromatic nitrogens is 2. The third-order valence-corrected chi connectivity index (χ3v) is 4.29. The first-order valence-electron chi connectivity index (χ1n) is 8.76. The Morgan fingerprint density at radius 3 is 2.88 bits per heavy atom. The molecule has 0 aliphatic carbocycles. The summed E-state index contributed by atoms with van der Waals surface area (Å²) >= 11 is 0. The van der Waals surface area contributed by atoms with E-state index in [1.807, 2.05) is 35.4 Å². The van der Waals surface area contributed by atoms with Crippen LogP contribution in [0.5, 0.6) is 0 Å². The summed E-state index contributed by atoms with van der Waals surface area (Å²) in [5, 5.41) is 0. The SMILES string of the molecule is Fc1cncc(N2C=C(c3cccc(C4OCCCO4)n3)C=CCC2)c1.